The van der Waals surface area contributed by atoms with Crippen LogP contribution in [0.25, 0.3) is 0 Å². The first-order valence-corrected chi connectivity index (χ1v) is 7.84. The molecular weight excluding hydrogens is 296 g/mol. The summed E-state index contributed by atoms with van der Waals surface area (Å²) in [6.45, 7) is 1.61. The number of benzene rings is 1. The number of nitrogens with two attached hydrogens (primary N) is 1. The molecule has 0 bridgehead atoms. The number of tetrazole rings is 1. The first-order valence-electron chi connectivity index (χ1n) is 6.18. The molecule has 21 heavy (non-hydrogen) atoms. The summed E-state index contributed by atoms with van der Waals surface area (Å²) < 4.78 is 31.6. The summed E-state index contributed by atoms with van der Waals surface area (Å²) in [7, 11) is -3.53. The highest BCUT2D eigenvalue weighted by Crippen LogP contribution is 2.19. The largest absolute Gasteiger partial charge is 0.490 e. The van der Waals surface area contributed by atoms with E-state index < -0.39 is 16.1 Å². The highest BCUT2D eigenvalue weighted by Gasteiger charge is 2.18. The first kappa shape index (κ1) is 15.2. The van der Waals surface area contributed by atoms with Crippen LogP contribution in [0.15, 0.2) is 24.3 Å². The highest BCUT2D eigenvalue weighted by molar-refractivity contribution is 7.89. The standard InChI is InChI=1S/C11H16N6O3S/c1-8(11-13-16-17-14-11)15-21(18,19)7-6-20-10-5-3-2-4-9(10)12/h2-5,8,15H,6-7,12H2,1H3,(H,13,14,16,17). The summed E-state index contributed by atoms with van der Waals surface area (Å²) in [5.41, 5.74) is 6.16. The molecule has 0 aliphatic heterocycles. The van der Waals surface area contributed by atoms with Crippen LogP contribution in [0.3, 0.4) is 0 Å². The van der Waals surface area contributed by atoms with Crippen LogP contribution in [-0.2, 0) is 10.0 Å². The van der Waals surface area contributed by atoms with E-state index in [1.165, 1.54) is 0 Å². The number of anilines is 1. The van der Waals surface area contributed by atoms with Gasteiger partial charge in [-0.3, -0.25) is 0 Å². The van der Waals surface area contributed by atoms with Gasteiger partial charge in [-0.2, -0.15) is 5.21 Å². The minimum Gasteiger partial charge on any atom is -0.490 e. The molecule has 1 heterocycles. The minimum atomic E-state index is -3.53. The molecule has 2 rings (SSSR count). The lowest BCUT2D eigenvalue weighted by Gasteiger charge is -2.12. The van der Waals surface area contributed by atoms with E-state index in [1.54, 1.807) is 31.2 Å². The Kier molecular flexibility index (Phi) is 4.70. The Balaban J connectivity index is 1.86. The zero-order valence-corrected chi connectivity index (χ0v) is 12.2. The highest BCUT2D eigenvalue weighted by atomic mass is 32.2. The average Bonchev–Trinajstić information content (AvgIpc) is 2.94. The van der Waals surface area contributed by atoms with Gasteiger partial charge in [0.25, 0.3) is 0 Å². The third-order valence-electron chi connectivity index (χ3n) is 2.63. The molecule has 4 N–H and O–H groups in total. The Morgan fingerprint density at radius 2 is 2.19 bits per heavy atom. The molecule has 0 spiro atoms. The van der Waals surface area contributed by atoms with Gasteiger partial charge in [-0.05, 0) is 19.1 Å². The van der Waals surface area contributed by atoms with Gasteiger partial charge in [0.05, 0.1) is 17.5 Å². The number of nitrogens with one attached hydrogen (secondary N) is 2. The van der Waals surface area contributed by atoms with Crippen LogP contribution in [0.4, 0.5) is 5.69 Å². The van der Waals surface area contributed by atoms with Crippen LogP contribution in [0.2, 0.25) is 0 Å². The Hall–Kier alpha value is -2.20. The molecule has 0 aliphatic carbocycles. The second-order valence-electron chi connectivity index (χ2n) is 4.31. The van der Waals surface area contributed by atoms with Crippen LogP contribution in [0.5, 0.6) is 5.75 Å². The number of para-hydroxylation sites is 2. The summed E-state index contributed by atoms with van der Waals surface area (Å²) in [5.74, 6) is 0.523. The summed E-state index contributed by atoms with van der Waals surface area (Å²) in [6.07, 6.45) is 0. The van der Waals surface area contributed by atoms with Crippen molar-refractivity contribution >= 4 is 15.7 Å². The first-order chi connectivity index (χ1) is 9.98. The van der Waals surface area contributed by atoms with Crippen LogP contribution >= 0.6 is 0 Å². The Labute approximate surface area is 121 Å². The van der Waals surface area contributed by atoms with E-state index in [1.807, 2.05) is 0 Å². The number of ether oxygens (including phenoxy) is 1. The molecule has 10 heteroatoms. The van der Waals surface area contributed by atoms with Gasteiger partial charge >= 0.3 is 0 Å². The molecule has 1 unspecified atom stereocenters. The van der Waals surface area contributed by atoms with Crippen molar-refractivity contribution in [3.8, 4) is 5.75 Å². The van der Waals surface area contributed by atoms with Crippen molar-refractivity contribution in [1.82, 2.24) is 25.3 Å². The maximum absolute atomic E-state index is 11.9. The Morgan fingerprint density at radius 1 is 1.43 bits per heavy atom. The average molecular weight is 312 g/mol. The molecule has 0 fully saturated rings. The Morgan fingerprint density at radius 3 is 2.86 bits per heavy atom. The molecule has 0 saturated heterocycles. The number of sulfonamides is 1. The SMILES string of the molecule is CC(NS(=O)(=O)CCOc1ccccc1N)c1nn[nH]n1. The van der Waals surface area contributed by atoms with E-state index in [9.17, 15) is 8.42 Å². The molecule has 1 atom stereocenters. The van der Waals surface area contributed by atoms with E-state index in [0.717, 1.165) is 0 Å². The maximum Gasteiger partial charge on any atom is 0.215 e. The third kappa shape index (κ3) is 4.39. The van der Waals surface area contributed by atoms with Crippen LogP contribution in [-0.4, -0.2) is 41.4 Å². The fourth-order valence-corrected chi connectivity index (χ4v) is 2.67. The minimum absolute atomic E-state index is 0.0114. The van der Waals surface area contributed by atoms with E-state index in [4.69, 9.17) is 10.5 Å². The van der Waals surface area contributed by atoms with Crippen molar-refractivity contribution in [3.63, 3.8) is 0 Å². The number of aromatic amines is 1. The molecule has 0 aliphatic rings. The lowest BCUT2D eigenvalue weighted by molar-refractivity contribution is 0.342. The van der Waals surface area contributed by atoms with E-state index in [0.29, 0.717) is 11.4 Å². The van der Waals surface area contributed by atoms with E-state index in [2.05, 4.69) is 25.3 Å². The molecule has 2 aromatic rings. The number of hydrogen-bond acceptors (Lipinski definition) is 7. The molecule has 9 nitrogen and oxygen atoms in total. The number of hydrogen-bond donors (Lipinski definition) is 3. The number of rotatable bonds is 7. The summed E-state index contributed by atoms with van der Waals surface area (Å²) in [4.78, 5) is 0. The van der Waals surface area contributed by atoms with Gasteiger partial charge in [-0.1, -0.05) is 17.3 Å². The van der Waals surface area contributed by atoms with Gasteiger partial charge in [0.1, 0.15) is 12.4 Å². The van der Waals surface area contributed by atoms with Crippen molar-refractivity contribution in [2.75, 3.05) is 18.1 Å². The van der Waals surface area contributed by atoms with Crippen molar-refractivity contribution < 1.29 is 13.2 Å². The fraction of sp³-hybridized carbons (Fsp3) is 0.364. The van der Waals surface area contributed by atoms with Crippen molar-refractivity contribution in [2.45, 2.75) is 13.0 Å². The van der Waals surface area contributed by atoms with Crippen molar-refractivity contribution in [1.29, 1.82) is 0 Å². The van der Waals surface area contributed by atoms with Crippen LogP contribution < -0.4 is 15.2 Å². The molecule has 1 aromatic carbocycles. The normalized spacial score (nSPS) is 13.0. The van der Waals surface area contributed by atoms with Crippen molar-refractivity contribution in [3.05, 3.63) is 30.1 Å². The second-order valence-corrected chi connectivity index (χ2v) is 6.19. The lowest BCUT2D eigenvalue weighted by atomic mass is 10.3. The topological polar surface area (TPSA) is 136 Å². The Bertz CT molecular complexity index is 673. The molecule has 114 valence electrons. The summed E-state index contributed by atoms with van der Waals surface area (Å²) in [6, 6.07) is 6.32. The monoisotopic (exact) mass is 312 g/mol. The number of aromatic nitrogens is 4. The van der Waals surface area contributed by atoms with Gasteiger partial charge in [-0.15, -0.1) is 10.2 Å². The van der Waals surface area contributed by atoms with Crippen LogP contribution in [0, 0.1) is 0 Å². The van der Waals surface area contributed by atoms with Gasteiger partial charge < -0.3 is 10.5 Å². The predicted octanol–water partition coefficient (Wildman–Crippen LogP) is -0.159. The second kappa shape index (κ2) is 6.50. The quantitative estimate of drug-likeness (QED) is 0.604. The van der Waals surface area contributed by atoms with Crippen LogP contribution in [0.1, 0.15) is 18.8 Å². The number of nitrogen functional groups attached to an aromatic ring is 1. The van der Waals surface area contributed by atoms with Crippen molar-refractivity contribution in [2.24, 2.45) is 0 Å². The maximum atomic E-state index is 11.9. The summed E-state index contributed by atoms with van der Waals surface area (Å²) in [5, 5.41) is 13.1. The van der Waals surface area contributed by atoms with Gasteiger partial charge in [-0.25, -0.2) is 13.1 Å². The summed E-state index contributed by atoms with van der Waals surface area (Å²) >= 11 is 0. The molecular formula is C11H16N6O3S. The molecule has 0 amide bonds. The molecule has 0 saturated carbocycles. The number of H-pyrrole nitrogens is 1. The fourth-order valence-electron chi connectivity index (χ4n) is 1.61. The van der Waals surface area contributed by atoms with E-state index >= 15 is 0 Å². The zero-order valence-electron chi connectivity index (χ0n) is 11.4. The zero-order chi connectivity index (χ0) is 15.3. The van der Waals surface area contributed by atoms with Gasteiger partial charge in [0, 0.05) is 0 Å². The van der Waals surface area contributed by atoms with E-state index in [-0.39, 0.29) is 18.2 Å². The van der Waals surface area contributed by atoms with Gasteiger partial charge in [0.15, 0.2) is 5.82 Å². The lowest BCUT2D eigenvalue weighted by Crippen LogP contribution is -2.31. The smallest absolute Gasteiger partial charge is 0.215 e. The third-order valence-corrected chi connectivity index (χ3v) is 4.05. The molecule has 0 radical (unpaired) electrons. The number of nitrogens with zero attached hydrogens (tertiary/aromatic N) is 3. The predicted molar refractivity (Wildman–Crippen MR) is 75.9 cm³/mol. The van der Waals surface area contributed by atoms with Gasteiger partial charge in [0.2, 0.25) is 10.0 Å². The molecule has 1 aromatic heterocycles.